The molecule has 0 unspecified atom stereocenters. The van der Waals surface area contributed by atoms with Gasteiger partial charge in [-0.2, -0.15) is 8.75 Å². The first-order valence-electron chi connectivity index (χ1n) is 6.83. The van der Waals surface area contributed by atoms with Gasteiger partial charge in [-0.15, -0.1) is 0 Å². The van der Waals surface area contributed by atoms with Crippen LogP contribution in [0.2, 0.25) is 0 Å². The van der Waals surface area contributed by atoms with E-state index in [4.69, 9.17) is 0 Å². The molecule has 2 aromatic carbocycles. The number of benzene rings is 2. The van der Waals surface area contributed by atoms with Crippen molar-refractivity contribution >= 4 is 32.8 Å². The fourth-order valence-corrected chi connectivity index (χ4v) is 4.08. The third kappa shape index (κ3) is 3.01. The molecule has 0 saturated heterocycles. The van der Waals surface area contributed by atoms with E-state index in [-0.39, 0.29) is 4.90 Å². The van der Waals surface area contributed by atoms with Gasteiger partial charge >= 0.3 is 0 Å². The summed E-state index contributed by atoms with van der Waals surface area (Å²) >= 11 is 1.03. The van der Waals surface area contributed by atoms with Crippen LogP contribution in [0.1, 0.15) is 11.1 Å². The lowest BCUT2D eigenvalue weighted by molar-refractivity contribution is 0.582. The molecule has 0 spiro atoms. The second kappa shape index (κ2) is 6.12. The molecule has 22 heavy (non-hydrogen) atoms. The lowest BCUT2D eigenvalue weighted by atomic mass is 10.2. The van der Waals surface area contributed by atoms with Gasteiger partial charge in [-0.25, -0.2) is 13.1 Å². The first-order chi connectivity index (χ1) is 10.6. The number of nitrogens with zero attached hydrogens (tertiary/aromatic N) is 2. The van der Waals surface area contributed by atoms with Gasteiger partial charge in [0.25, 0.3) is 0 Å². The van der Waals surface area contributed by atoms with E-state index in [1.807, 2.05) is 37.3 Å². The minimum Gasteiger partial charge on any atom is -0.211 e. The molecule has 0 aliphatic carbocycles. The van der Waals surface area contributed by atoms with Crippen LogP contribution in [0, 0.1) is 6.92 Å². The van der Waals surface area contributed by atoms with Crippen LogP contribution >= 0.6 is 11.7 Å². The number of hydrogen-bond acceptors (Lipinski definition) is 5. The highest BCUT2D eigenvalue weighted by Gasteiger charge is 2.20. The van der Waals surface area contributed by atoms with Gasteiger partial charge in [0, 0.05) is 6.54 Å². The predicted octanol–water partition coefficient (Wildman–Crippen LogP) is 2.52. The number of fused-ring (bicyclic) bond motifs is 1. The van der Waals surface area contributed by atoms with Crippen molar-refractivity contribution in [1.82, 2.24) is 13.5 Å². The van der Waals surface area contributed by atoms with E-state index < -0.39 is 10.0 Å². The molecule has 1 heterocycles. The van der Waals surface area contributed by atoms with Gasteiger partial charge < -0.3 is 0 Å². The van der Waals surface area contributed by atoms with Gasteiger partial charge in [0.2, 0.25) is 10.0 Å². The number of aryl methyl sites for hydroxylation is 1. The molecule has 0 aliphatic heterocycles. The number of sulfonamides is 1. The summed E-state index contributed by atoms with van der Waals surface area (Å²) in [5.74, 6) is 0. The van der Waals surface area contributed by atoms with Gasteiger partial charge in [0.15, 0.2) is 0 Å². The molecule has 0 fully saturated rings. The van der Waals surface area contributed by atoms with Crippen LogP contribution in [0.3, 0.4) is 0 Å². The van der Waals surface area contributed by atoms with Crippen LogP contribution in [0.25, 0.3) is 11.0 Å². The van der Waals surface area contributed by atoms with E-state index in [0.29, 0.717) is 24.0 Å². The molecule has 114 valence electrons. The quantitative estimate of drug-likeness (QED) is 0.779. The van der Waals surface area contributed by atoms with E-state index in [1.165, 1.54) is 0 Å². The van der Waals surface area contributed by atoms with E-state index in [2.05, 4.69) is 13.5 Å². The van der Waals surface area contributed by atoms with E-state index in [0.717, 1.165) is 22.9 Å². The highest BCUT2D eigenvalue weighted by Crippen LogP contribution is 2.23. The number of nitrogens with one attached hydrogen (secondary N) is 1. The van der Waals surface area contributed by atoms with Gasteiger partial charge in [0.1, 0.15) is 15.9 Å². The second-order valence-electron chi connectivity index (χ2n) is 4.98. The summed E-state index contributed by atoms with van der Waals surface area (Å²) in [5.41, 5.74) is 3.11. The number of aromatic nitrogens is 2. The minimum absolute atomic E-state index is 0.190. The van der Waals surface area contributed by atoms with Crippen LogP contribution in [0.4, 0.5) is 0 Å². The molecule has 1 aromatic heterocycles. The molecule has 0 bridgehead atoms. The predicted molar refractivity (Wildman–Crippen MR) is 87.5 cm³/mol. The topological polar surface area (TPSA) is 72.0 Å². The third-order valence-corrected chi connectivity index (χ3v) is 5.44. The zero-order valence-corrected chi connectivity index (χ0v) is 13.6. The van der Waals surface area contributed by atoms with Crippen molar-refractivity contribution in [3.05, 3.63) is 53.6 Å². The maximum Gasteiger partial charge on any atom is 0.242 e. The molecule has 0 atom stereocenters. The fraction of sp³-hybridized carbons (Fsp3) is 0.200. The molecule has 1 N–H and O–H groups in total. The van der Waals surface area contributed by atoms with Crippen LogP contribution < -0.4 is 4.72 Å². The molecule has 7 heteroatoms. The van der Waals surface area contributed by atoms with Crippen molar-refractivity contribution in [2.45, 2.75) is 18.2 Å². The highest BCUT2D eigenvalue weighted by atomic mass is 32.2. The minimum atomic E-state index is -3.59. The largest absolute Gasteiger partial charge is 0.242 e. The molecule has 0 aliphatic rings. The van der Waals surface area contributed by atoms with Crippen molar-refractivity contribution in [2.24, 2.45) is 0 Å². The van der Waals surface area contributed by atoms with Gasteiger partial charge in [0.05, 0.1) is 11.7 Å². The van der Waals surface area contributed by atoms with Gasteiger partial charge in [-0.1, -0.05) is 36.4 Å². The Labute approximate surface area is 133 Å². The van der Waals surface area contributed by atoms with Crippen molar-refractivity contribution in [2.75, 3.05) is 6.54 Å². The molecule has 0 radical (unpaired) electrons. The standard InChI is InChI=1S/C15H15N3O2S2/c1-11-7-8-13(15-14(11)17-21-18-15)22(19,20)16-10-9-12-5-3-2-4-6-12/h2-8,16H,9-10H2,1H3. The summed E-state index contributed by atoms with van der Waals surface area (Å²) < 4.78 is 35.9. The van der Waals surface area contributed by atoms with Crippen LogP contribution in [-0.2, 0) is 16.4 Å². The zero-order chi connectivity index (χ0) is 15.6. The first-order valence-corrected chi connectivity index (χ1v) is 9.05. The van der Waals surface area contributed by atoms with Crippen LogP contribution in [0.5, 0.6) is 0 Å². The van der Waals surface area contributed by atoms with Crippen molar-refractivity contribution in [1.29, 1.82) is 0 Å². The molecule has 3 aromatic rings. The molecule has 5 nitrogen and oxygen atoms in total. The SMILES string of the molecule is Cc1ccc(S(=O)(=O)NCCc2ccccc2)c2nsnc12. The summed E-state index contributed by atoms with van der Waals surface area (Å²) in [6.45, 7) is 2.24. The molecular weight excluding hydrogens is 318 g/mol. The smallest absolute Gasteiger partial charge is 0.211 e. The molecule has 0 amide bonds. The van der Waals surface area contributed by atoms with Crippen molar-refractivity contribution in [3.8, 4) is 0 Å². The Hall–Kier alpha value is -1.83. The van der Waals surface area contributed by atoms with Crippen molar-refractivity contribution < 1.29 is 8.42 Å². The maximum absolute atomic E-state index is 12.5. The summed E-state index contributed by atoms with van der Waals surface area (Å²) in [7, 11) is -3.59. The summed E-state index contributed by atoms with van der Waals surface area (Å²) in [6, 6.07) is 13.1. The monoisotopic (exact) mass is 333 g/mol. The summed E-state index contributed by atoms with van der Waals surface area (Å²) in [5, 5.41) is 0. The zero-order valence-electron chi connectivity index (χ0n) is 12.0. The lowest BCUT2D eigenvalue weighted by Gasteiger charge is -2.08. The Morgan fingerprint density at radius 2 is 1.77 bits per heavy atom. The Morgan fingerprint density at radius 3 is 2.55 bits per heavy atom. The number of rotatable bonds is 5. The third-order valence-electron chi connectivity index (χ3n) is 3.42. The second-order valence-corrected chi connectivity index (χ2v) is 7.24. The average Bonchev–Trinajstić information content (AvgIpc) is 2.98. The Morgan fingerprint density at radius 1 is 1.05 bits per heavy atom. The maximum atomic E-state index is 12.5. The van der Waals surface area contributed by atoms with E-state index >= 15 is 0 Å². The number of hydrogen-bond donors (Lipinski definition) is 1. The molecular formula is C15H15N3O2S2. The van der Waals surface area contributed by atoms with Gasteiger partial charge in [-0.3, -0.25) is 0 Å². The van der Waals surface area contributed by atoms with Gasteiger partial charge in [-0.05, 0) is 30.5 Å². The summed E-state index contributed by atoms with van der Waals surface area (Å²) in [4.78, 5) is 0.190. The fourth-order valence-electron chi connectivity index (χ4n) is 2.24. The van der Waals surface area contributed by atoms with Crippen molar-refractivity contribution in [3.63, 3.8) is 0 Å². The normalized spacial score (nSPS) is 11.9. The first kappa shape index (κ1) is 15.1. The Kier molecular flexibility index (Phi) is 4.19. The van der Waals surface area contributed by atoms with E-state index in [9.17, 15) is 8.42 Å². The lowest BCUT2D eigenvalue weighted by Crippen LogP contribution is -2.26. The van der Waals surface area contributed by atoms with E-state index in [1.54, 1.807) is 12.1 Å². The Balaban J connectivity index is 1.80. The van der Waals surface area contributed by atoms with Crippen LogP contribution in [-0.4, -0.2) is 23.7 Å². The van der Waals surface area contributed by atoms with Crippen LogP contribution in [0.15, 0.2) is 47.4 Å². The Bertz CT molecular complexity index is 890. The molecule has 3 rings (SSSR count). The molecule has 0 saturated carbocycles. The highest BCUT2D eigenvalue weighted by molar-refractivity contribution is 7.89. The summed E-state index contributed by atoms with van der Waals surface area (Å²) in [6.07, 6.45) is 0.643. The average molecular weight is 333 g/mol.